The molecule has 1 saturated heterocycles. The van der Waals surface area contributed by atoms with Gasteiger partial charge in [0.2, 0.25) is 0 Å². The Labute approximate surface area is 202 Å². The number of benzene rings is 2. The van der Waals surface area contributed by atoms with Crippen LogP contribution in [0.15, 0.2) is 59.2 Å². The number of hydrogen-bond donors (Lipinski definition) is 1. The van der Waals surface area contributed by atoms with Gasteiger partial charge in [-0.3, -0.25) is 9.58 Å². The summed E-state index contributed by atoms with van der Waals surface area (Å²) in [7, 11) is 0. The van der Waals surface area contributed by atoms with E-state index in [9.17, 15) is 0 Å². The molecule has 162 valence electrons. The molecule has 0 amide bonds. The molecule has 3 aromatic rings. The maximum Gasteiger partial charge on any atom is 0.174 e. The van der Waals surface area contributed by atoms with Crippen molar-refractivity contribution in [3.63, 3.8) is 0 Å². The Morgan fingerprint density at radius 1 is 1.03 bits per heavy atom. The van der Waals surface area contributed by atoms with Crippen LogP contribution in [0.5, 0.6) is 0 Å². The summed E-state index contributed by atoms with van der Waals surface area (Å²) in [6.07, 6.45) is 1.94. The summed E-state index contributed by atoms with van der Waals surface area (Å²) in [6.45, 7) is 7.53. The molecule has 0 atom stereocenters. The summed E-state index contributed by atoms with van der Waals surface area (Å²) in [6, 6.07) is 16.4. The third kappa shape index (κ3) is 5.66. The van der Waals surface area contributed by atoms with E-state index >= 15 is 0 Å². The number of nitrogens with one attached hydrogen (secondary N) is 1. The van der Waals surface area contributed by atoms with Crippen molar-refractivity contribution in [1.29, 1.82) is 0 Å². The van der Waals surface area contributed by atoms with E-state index in [-0.39, 0.29) is 0 Å². The van der Waals surface area contributed by atoms with Gasteiger partial charge >= 0.3 is 0 Å². The van der Waals surface area contributed by atoms with Crippen LogP contribution in [-0.4, -0.2) is 50.9 Å². The average Bonchev–Trinajstić information content (AvgIpc) is 3.10. The fourth-order valence-corrected chi connectivity index (χ4v) is 4.57. The summed E-state index contributed by atoms with van der Waals surface area (Å²) in [4.78, 5) is 4.69. The highest BCUT2D eigenvalue weighted by Crippen LogP contribution is 2.23. The highest BCUT2D eigenvalue weighted by molar-refractivity contribution is 9.10. The predicted molar refractivity (Wildman–Crippen MR) is 135 cm³/mol. The van der Waals surface area contributed by atoms with Crippen molar-refractivity contribution in [2.24, 2.45) is 0 Å². The van der Waals surface area contributed by atoms with E-state index in [1.807, 2.05) is 35.1 Å². The topological polar surface area (TPSA) is 36.3 Å². The summed E-state index contributed by atoms with van der Waals surface area (Å²) in [5, 5.41) is 9.38. The normalized spacial score (nSPS) is 14.6. The monoisotopic (exact) mass is 517 g/mol. The number of hydrogen-bond acceptors (Lipinski definition) is 3. The molecular formula is C23H25BrClN5S. The third-order valence-electron chi connectivity index (χ3n) is 5.55. The first-order valence-corrected chi connectivity index (χ1v) is 11.9. The Kier molecular flexibility index (Phi) is 7.27. The van der Waals surface area contributed by atoms with Crippen molar-refractivity contribution in [1.82, 2.24) is 19.6 Å². The number of halogens is 2. The Balaban J connectivity index is 1.31. The number of aromatic nitrogens is 2. The Morgan fingerprint density at radius 2 is 1.71 bits per heavy atom. The molecule has 0 unspecified atom stereocenters. The van der Waals surface area contributed by atoms with Crippen LogP contribution >= 0.6 is 39.7 Å². The molecule has 1 fully saturated rings. The molecule has 1 aliphatic heterocycles. The first kappa shape index (κ1) is 22.3. The molecule has 4 rings (SSSR count). The maximum atomic E-state index is 6.28. The zero-order valence-electron chi connectivity index (χ0n) is 17.4. The highest BCUT2D eigenvalue weighted by Gasteiger charge is 2.20. The van der Waals surface area contributed by atoms with Gasteiger partial charge < -0.3 is 10.2 Å². The zero-order valence-corrected chi connectivity index (χ0v) is 20.6. The van der Waals surface area contributed by atoms with Crippen LogP contribution in [0, 0.1) is 6.92 Å². The summed E-state index contributed by atoms with van der Waals surface area (Å²) < 4.78 is 2.73. The number of aryl methyl sites for hydroxylation is 1. The van der Waals surface area contributed by atoms with Crippen molar-refractivity contribution in [3.8, 4) is 0 Å². The molecule has 1 N–H and O–H groups in total. The first-order chi connectivity index (χ1) is 15.0. The largest absolute Gasteiger partial charge is 0.346 e. The molecule has 0 saturated carbocycles. The smallest absolute Gasteiger partial charge is 0.174 e. The molecule has 0 bridgehead atoms. The van der Waals surface area contributed by atoms with Crippen molar-refractivity contribution >= 4 is 50.7 Å². The minimum Gasteiger partial charge on any atom is -0.346 e. The van der Waals surface area contributed by atoms with Crippen LogP contribution in [0.1, 0.15) is 16.7 Å². The van der Waals surface area contributed by atoms with E-state index in [1.54, 1.807) is 0 Å². The number of anilines is 1. The Morgan fingerprint density at radius 3 is 2.42 bits per heavy atom. The third-order valence-corrected chi connectivity index (χ3v) is 6.86. The van der Waals surface area contributed by atoms with Crippen LogP contribution in [0.3, 0.4) is 0 Å². The van der Waals surface area contributed by atoms with Gasteiger partial charge in [-0.1, -0.05) is 54.1 Å². The molecule has 2 aromatic carbocycles. The van der Waals surface area contributed by atoms with Gasteiger partial charge in [-0.15, -0.1) is 0 Å². The molecule has 1 aromatic heterocycles. The molecule has 1 aliphatic rings. The second kappa shape index (κ2) is 10.1. The van der Waals surface area contributed by atoms with Crippen LogP contribution in [0.4, 0.5) is 5.82 Å². The summed E-state index contributed by atoms with van der Waals surface area (Å²) in [5.74, 6) is 0.722. The van der Waals surface area contributed by atoms with Crippen molar-refractivity contribution in [2.75, 3.05) is 31.5 Å². The lowest BCUT2D eigenvalue weighted by Crippen LogP contribution is -2.49. The molecule has 0 radical (unpaired) electrons. The molecule has 0 spiro atoms. The fraction of sp³-hybridized carbons (Fsp3) is 0.304. The zero-order chi connectivity index (χ0) is 21.8. The van der Waals surface area contributed by atoms with Gasteiger partial charge in [-0.2, -0.15) is 5.10 Å². The molecule has 8 heteroatoms. The van der Waals surface area contributed by atoms with Crippen LogP contribution < -0.4 is 5.32 Å². The predicted octanol–water partition coefficient (Wildman–Crippen LogP) is 5.17. The maximum absolute atomic E-state index is 6.28. The van der Waals surface area contributed by atoms with Gasteiger partial charge in [0, 0.05) is 43.9 Å². The number of piperazine rings is 1. The van der Waals surface area contributed by atoms with Gasteiger partial charge in [-0.05, 0) is 57.8 Å². The minimum absolute atomic E-state index is 0.601. The second-order valence-corrected chi connectivity index (χ2v) is 9.38. The second-order valence-electron chi connectivity index (χ2n) is 7.73. The minimum atomic E-state index is 0.601. The van der Waals surface area contributed by atoms with E-state index in [1.165, 1.54) is 11.1 Å². The molecule has 0 aliphatic carbocycles. The lowest BCUT2D eigenvalue weighted by Gasteiger charge is -2.36. The van der Waals surface area contributed by atoms with Gasteiger partial charge in [0.15, 0.2) is 10.9 Å². The van der Waals surface area contributed by atoms with E-state index in [0.29, 0.717) is 11.7 Å². The van der Waals surface area contributed by atoms with Crippen LogP contribution in [-0.2, 0) is 13.1 Å². The molecule has 5 nitrogen and oxygen atoms in total. The van der Waals surface area contributed by atoms with Crippen molar-refractivity contribution in [3.05, 3.63) is 80.9 Å². The van der Waals surface area contributed by atoms with E-state index in [0.717, 1.165) is 53.6 Å². The molecule has 31 heavy (non-hydrogen) atoms. The fourth-order valence-electron chi connectivity index (χ4n) is 3.68. The van der Waals surface area contributed by atoms with Gasteiger partial charge in [0.05, 0.1) is 11.0 Å². The van der Waals surface area contributed by atoms with E-state index in [2.05, 4.69) is 67.3 Å². The van der Waals surface area contributed by atoms with Crippen LogP contribution in [0.2, 0.25) is 5.02 Å². The molecule has 2 heterocycles. The highest BCUT2D eigenvalue weighted by atomic mass is 79.9. The van der Waals surface area contributed by atoms with E-state index in [4.69, 9.17) is 23.8 Å². The average molecular weight is 519 g/mol. The Hall–Kier alpha value is -1.93. The standard InChI is InChI=1S/C23H25BrClN5S/c1-17-6-2-3-7-18(17)14-28-10-12-29(13-11-28)23(31)26-22-20(24)16-30(27-22)15-19-8-4-5-9-21(19)25/h2-9,16H,10-15H2,1H3,(H,26,27,31). The van der Waals surface area contributed by atoms with Gasteiger partial charge in [-0.25, -0.2) is 0 Å². The van der Waals surface area contributed by atoms with E-state index < -0.39 is 0 Å². The lowest BCUT2D eigenvalue weighted by atomic mass is 10.1. The molecular weight excluding hydrogens is 494 g/mol. The quantitative estimate of drug-likeness (QED) is 0.472. The van der Waals surface area contributed by atoms with Crippen molar-refractivity contribution < 1.29 is 0 Å². The summed E-state index contributed by atoms with van der Waals surface area (Å²) >= 11 is 15.5. The SMILES string of the molecule is Cc1ccccc1CN1CCN(C(=S)Nc2nn(Cc3ccccc3Cl)cc2Br)CC1. The van der Waals surface area contributed by atoms with Gasteiger partial charge in [0.25, 0.3) is 0 Å². The summed E-state index contributed by atoms with van der Waals surface area (Å²) in [5.41, 5.74) is 3.77. The Bertz CT molecular complexity index is 1060. The van der Waals surface area contributed by atoms with Gasteiger partial charge in [0.1, 0.15) is 0 Å². The first-order valence-electron chi connectivity index (χ1n) is 10.3. The lowest BCUT2D eigenvalue weighted by molar-refractivity contribution is 0.176. The number of rotatable bonds is 5. The number of thiocarbonyl (C=S) groups is 1. The van der Waals surface area contributed by atoms with Crippen LogP contribution in [0.25, 0.3) is 0 Å². The van der Waals surface area contributed by atoms with Crippen molar-refractivity contribution in [2.45, 2.75) is 20.0 Å². The number of nitrogens with zero attached hydrogens (tertiary/aromatic N) is 4.